The summed E-state index contributed by atoms with van der Waals surface area (Å²) in [6.45, 7) is 5.12. The van der Waals surface area contributed by atoms with Gasteiger partial charge in [-0.1, -0.05) is 29.3 Å². The van der Waals surface area contributed by atoms with Crippen molar-refractivity contribution in [3.8, 4) is 0 Å². The number of halogens is 2. The lowest BCUT2D eigenvalue weighted by Crippen LogP contribution is -2.59. The molecular weight excluding hydrogens is 389 g/mol. The van der Waals surface area contributed by atoms with Gasteiger partial charge in [-0.05, 0) is 24.1 Å². The van der Waals surface area contributed by atoms with E-state index in [1.165, 1.54) is 0 Å². The molecule has 2 heterocycles. The minimum absolute atomic E-state index is 0.0471. The zero-order valence-electron chi connectivity index (χ0n) is 15.4. The smallest absolute Gasteiger partial charge is 0.227 e. The summed E-state index contributed by atoms with van der Waals surface area (Å²) < 4.78 is 0. The van der Waals surface area contributed by atoms with Gasteiger partial charge in [-0.15, -0.1) is 0 Å². The van der Waals surface area contributed by atoms with Crippen LogP contribution in [0, 0.1) is 0 Å². The van der Waals surface area contributed by atoms with E-state index in [1.807, 2.05) is 11.0 Å². The first-order chi connectivity index (χ1) is 13.0. The van der Waals surface area contributed by atoms with Gasteiger partial charge < -0.3 is 15.1 Å². The van der Waals surface area contributed by atoms with Crippen LogP contribution >= 0.6 is 23.2 Å². The minimum atomic E-state index is -0.275. The van der Waals surface area contributed by atoms with E-state index in [-0.39, 0.29) is 31.1 Å². The van der Waals surface area contributed by atoms with Gasteiger partial charge in [0.25, 0.3) is 0 Å². The predicted molar refractivity (Wildman–Crippen MR) is 106 cm³/mol. The van der Waals surface area contributed by atoms with Gasteiger partial charge in [0, 0.05) is 45.8 Å². The van der Waals surface area contributed by atoms with E-state index in [4.69, 9.17) is 23.2 Å². The van der Waals surface area contributed by atoms with E-state index in [9.17, 15) is 15.0 Å². The summed E-state index contributed by atoms with van der Waals surface area (Å²) >= 11 is 12.0. The monoisotopic (exact) mass is 415 g/mol. The number of carbonyl (C=O) groups is 1. The highest BCUT2D eigenvalue weighted by molar-refractivity contribution is 6.42. The molecule has 0 unspecified atom stereocenters. The molecule has 1 amide bonds. The van der Waals surface area contributed by atoms with E-state index < -0.39 is 0 Å². The summed E-state index contributed by atoms with van der Waals surface area (Å²) in [5.41, 5.74) is 0.850. The standard InChI is InChI=1S/C19H27Cl2N3O3/c20-17-2-1-14(9-18(17)21)10-19(27)24-6-5-22(7-8-25)11-15(24)12-23-4-3-16(26)13-23/h1-2,9,15-16,25-26H,3-8,10-13H2/t15-,16-/m1/s1. The fourth-order valence-electron chi connectivity index (χ4n) is 3.95. The Bertz CT molecular complexity index is 661. The molecule has 2 atom stereocenters. The van der Waals surface area contributed by atoms with Gasteiger partial charge >= 0.3 is 0 Å². The third-order valence-electron chi connectivity index (χ3n) is 5.36. The zero-order valence-corrected chi connectivity index (χ0v) is 16.9. The van der Waals surface area contributed by atoms with Crippen LogP contribution in [0.3, 0.4) is 0 Å². The van der Waals surface area contributed by atoms with Gasteiger partial charge in [-0.25, -0.2) is 0 Å². The Labute approximate surface area is 170 Å². The molecule has 0 spiro atoms. The molecule has 0 aliphatic carbocycles. The highest BCUT2D eigenvalue weighted by Gasteiger charge is 2.33. The molecule has 6 nitrogen and oxygen atoms in total. The van der Waals surface area contributed by atoms with Crippen LogP contribution in [0.1, 0.15) is 12.0 Å². The summed E-state index contributed by atoms with van der Waals surface area (Å²) in [5, 5.41) is 20.0. The Balaban J connectivity index is 1.67. The highest BCUT2D eigenvalue weighted by atomic mass is 35.5. The number of carbonyl (C=O) groups excluding carboxylic acids is 1. The van der Waals surface area contributed by atoms with Crippen molar-refractivity contribution in [3.05, 3.63) is 33.8 Å². The molecule has 1 aromatic carbocycles. The number of amides is 1. The van der Waals surface area contributed by atoms with Crippen LogP contribution in [0.2, 0.25) is 10.0 Å². The third-order valence-corrected chi connectivity index (χ3v) is 6.10. The number of β-amino-alcohol motifs (C(OH)–C–C–N with tert-alkyl or cyclic N) is 2. The number of hydrogen-bond donors (Lipinski definition) is 2. The average molecular weight is 416 g/mol. The number of benzene rings is 1. The minimum Gasteiger partial charge on any atom is -0.395 e. The fraction of sp³-hybridized carbons (Fsp3) is 0.632. The zero-order chi connectivity index (χ0) is 19.4. The molecular formula is C19H27Cl2N3O3. The second kappa shape index (κ2) is 9.54. The van der Waals surface area contributed by atoms with Crippen LogP contribution < -0.4 is 0 Å². The number of nitrogens with zero attached hydrogens (tertiary/aromatic N) is 3. The van der Waals surface area contributed by atoms with E-state index >= 15 is 0 Å². The van der Waals surface area contributed by atoms with Crippen LogP contribution in [0.25, 0.3) is 0 Å². The van der Waals surface area contributed by atoms with Crippen LogP contribution in [0.5, 0.6) is 0 Å². The first-order valence-corrected chi connectivity index (χ1v) is 10.2. The van der Waals surface area contributed by atoms with Gasteiger partial charge in [-0.2, -0.15) is 0 Å². The number of aliphatic hydroxyl groups is 2. The van der Waals surface area contributed by atoms with Crippen LogP contribution in [-0.4, -0.2) is 95.4 Å². The molecule has 27 heavy (non-hydrogen) atoms. The topological polar surface area (TPSA) is 67.2 Å². The van der Waals surface area contributed by atoms with Crippen molar-refractivity contribution in [1.82, 2.24) is 14.7 Å². The molecule has 8 heteroatoms. The normalized spacial score (nSPS) is 24.5. The quantitative estimate of drug-likeness (QED) is 0.728. The maximum absolute atomic E-state index is 13.0. The lowest BCUT2D eigenvalue weighted by Gasteiger charge is -2.43. The van der Waals surface area contributed by atoms with Gasteiger partial charge in [0.2, 0.25) is 5.91 Å². The van der Waals surface area contributed by atoms with Crippen molar-refractivity contribution < 1.29 is 15.0 Å². The molecule has 2 aliphatic rings. The summed E-state index contributed by atoms with van der Waals surface area (Å²) in [6, 6.07) is 5.34. The molecule has 2 N–H and O–H groups in total. The third kappa shape index (κ3) is 5.56. The van der Waals surface area contributed by atoms with Crippen LogP contribution in [0.15, 0.2) is 18.2 Å². The molecule has 2 saturated heterocycles. The molecule has 0 radical (unpaired) electrons. The molecule has 2 fully saturated rings. The van der Waals surface area contributed by atoms with E-state index in [0.29, 0.717) is 29.7 Å². The fourth-order valence-corrected chi connectivity index (χ4v) is 4.27. The SMILES string of the molecule is O=C(Cc1ccc(Cl)c(Cl)c1)N1CCN(CCO)C[C@@H]1CN1CC[C@@H](O)C1. The number of piperazine rings is 1. The van der Waals surface area contributed by atoms with Crippen LogP contribution in [-0.2, 0) is 11.2 Å². The Kier molecular flexibility index (Phi) is 7.36. The predicted octanol–water partition coefficient (Wildman–Crippen LogP) is 1.11. The Morgan fingerprint density at radius 3 is 2.59 bits per heavy atom. The van der Waals surface area contributed by atoms with E-state index in [2.05, 4.69) is 9.80 Å². The van der Waals surface area contributed by atoms with Crippen molar-refractivity contribution >= 4 is 29.1 Å². The summed E-state index contributed by atoms with van der Waals surface area (Å²) in [6.07, 6.45) is 0.794. The van der Waals surface area contributed by atoms with Crippen molar-refractivity contribution in [2.75, 3.05) is 52.4 Å². The maximum atomic E-state index is 13.0. The second-order valence-electron chi connectivity index (χ2n) is 7.39. The van der Waals surface area contributed by atoms with Crippen molar-refractivity contribution in [2.45, 2.75) is 25.0 Å². The Morgan fingerprint density at radius 2 is 1.93 bits per heavy atom. The summed E-state index contributed by atoms with van der Waals surface area (Å²) in [5.74, 6) is 0.0711. The molecule has 0 bridgehead atoms. The maximum Gasteiger partial charge on any atom is 0.227 e. The van der Waals surface area contributed by atoms with Crippen LogP contribution in [0.4, 0.5) is 0 Å². The van der Waals surface area contributed by atoms with Gasteiger partial charge in [0.15, 0.2) is 0 Å². The second-order valence-corrected chi connectivity index (χ2v) is 8.21. The molecule has 150 valence electrons. The van der Waals surface area contributed by atoms with Gasteiger partial charge in [0.1, 0.15) is 0 Å². The van der Waals surface area contributed by atoms with Crippen molar-refractivity contribution in [2.24, 2.45) is 0 Å². The first-order valence-electron chi connectivity index (χ1n) is 9.43. The Hall–Kier alpha value is -0.890. The first kappa shape index (κ1) is 20.8. The molecule has 0 saturated carbocycles. The van der Waals surface area contributed by atoms with Gasteiger partial charge in [-0.3, -0.25) is 14.6 Å². The van der Waals surface area contributed by atoms with Gasteiger partial charge in [0.05, 0.1) is 35.2 Å². The molecule has 1 aromatic rings. The average Bonchev–Trinajstić information content (AvgIpc) is 3.03. The largest absolute Gasteiger partial charge is 0.395 e. The van der Waals surface area contributed by atoms with E-state index in [1.54, 1.807) is 12.1 Å². The van der Waals surface area contributed by atoms with Crippen molar-refractivity contribution in [3.63, 3.8) is 0 Å². The lowest BCUT2D eigenvalue weighted by molar-refractivity contribution is -0.136. The molecule has 2 aliphatic heterocycles. The summed E-state index contributed by atoms with van der Waals surface area (Å²) in [4.78, 5) is 19.4. The number of rotatable bonds is 6. The van der Waals surface area contributed by atoms with E-state index in [0.717, 1.165) is 38.2 Å². The molecule has 0 aromatic heterocycles. The molecule has 3 rings (SSSR count). The number of aliphatic hydroxyl groups excluding tert-OH is 2. The number of hydrogen-bond acceptors (Lipinski definition) is 5. The summed E-state index contributed by atoms with van der Waals surface area (Å²) in [7, 11) is 0. The lowest BCUT2D eigenvalue weighted by atomic mass is 10.1. The van der Waals surface area contributed by atoms with Crippen molar-refractivity contribution in [1.29, 1.82) is 0 Å². The number of likely N-dealkylation sites (tertiary alicyclic amines) is 1. The Morgan fingerprint density at radius 1 is 1.11 bits per heavy atom. The highest BCUT2D eigenvalue weighted by Crippen LogP contribution is 2.24.